The fraction of sp³-hybridized carbons (Fsp3) is 0.706. The summed E-state index contributed by atoms with van der Waals surface area (Å²) in [5.41, 5.74) is 0. The van der Waals surface area contributed by atoms with Gasteiger partial charge in [-0.1, -0.05) is 34.9 Å². The second-order valence-corrected chi connectivity index (χ2v) is 7.89. The maximum Gasteiger partial charge on any atom is 0.302 e. The van der Waals surface area contributed by atoms with Gasteiger partial charge in [0.25, 0.3) is 0 Å². The van der Waals surface area contributed by atoms with Gasteiger partial charge in [-0.05, 0) is 25.3 Å². The van der Waals surface area contributed by atoms with Crippen molar-refractivity contribution in [3.05, 3.63) is 12.2 Å². The van der Waals surface area contributed by atoms with Gasteiger partial charge in [0, 0.05) is 18.2 Å². The highest BCUT2D eigenvalue weighted by atomic mass is 79.9. The third-order valence-corrected chi connectivity index (χ3v) is 5.92. The molecule has 1 heterocycles. The standard InChI is InChI=1S/C17H23BrCl2O3/c1-4-6-7-8-15-13(19)9-14(20)17(22-11(3)21)10-16(23-15)12(18)5-2/h1,6-7,12-17H,5,8-10H2,2-3H3/b7-6+/t12?,13-,14-,15?,16+,17?/m0/s1. The molecule has 130 valence electrons. The largest absolute Gasteiger partial charge is 0.461 e. The van der Waals surface area contributed by atoms with Crippen LogP contribution in [0.3, 0.4) is 0 Å². The van der Waals surface area contributed by atoms with Gasteiger partial charge in [-0.25, -0.2) is 0 Å². The zero-order valence-electron chi connectivity index (χ0n) is 13.4. The summed E-state index contributed by atoms with van der Waals surface area (Å²) >= 11 is 16.6. The average molecular weight is 426 g/mol. The predicted octanol–water partition coefficient (Wildman–Crippen LogP) is 4.43. The number of rotatable bonds is 5. The maximum absolute atomic E-state index is 11.3. The Morgan fingerprint density at radius 2 is 2.17 bits per heavy atom. The van der Waals surface area contributed by atoms with Gasteiger partial charge < -0.3 is 9.47 Å². The van der Waals surface area contributed by atoms with Crippen LogP contribution in [0.25, 0.3) is 0 Å². The molecule has 6 atom stereocenters. The number of ether oxygens (including phenoxy) is 2. The highest BCUT2D eigenvalue weighted by molar-refractivity contribution is 9.09. The van der Waals surface area contributed by atoms with Crippen molar-refractivity contribution in [3.63, 3.8) is 0 Å². The van der Waals surface area contributed by atoms with Gasteiger partial charge in [-0.3, -0.25) is 4.79 Å². The first-order valence-corrected chi connectivity index (χ1v) is 9.53. The summed E-state index contributed by atoms with van der Waals surface area (Å²) < 4.78 is 11.6. The van der Waals surface area contributed by atoms with E-state index < -0.39 is 6.10 Å². The maximum atomic E-state index is 11.3. The van der Waals surface area contributed by atoms with E-state index >= 15 is 0 Å². The van der Waals surface area contributed by atoms with Crippen molar-refractivity contribution in [3.8, 4) is 12.3 Å². The normalized spacial score (nSPS) is 33.5. The van der Waals surface area contributed by atoms with E-state index in [9.17, 15) is 4.79 Å². The topological polar surface area (TPSA) is 35.5 Å². The Morgan fingerprint density at radius 1 is 1.48 bits per heavy atom. The first-order valence-electron chi connectivity index (χ1n) is 7.75. The van der Waals surface area contributed by atoms with E-state index in [0.29, 0.717) is 19.3 Å². The number of hydrogen-bond acceptors (Lipinski definition) is 3. The van der Waals surface area contributed by atoms with Gasteiger partial charge in [0.1, 0.15) is 6.10 Å². The Kier molecular flexibility index (Phi) is 9.61. The number of allylic oxidation sites excluding steroid dienone is 1. The van der Waals surface area contributed by atoms with E-state index in [1.54, 1.807) is 6.08 Å². The summed E-state index contributed by atoms with van der Waals surface area (Å²) in [4.78, 5) is 11.5. The van der Waals surface area contributed by atoms with Crippen molar-refractivity contribution in [2.75, 3.05) is 0 Å². The minimum absolute atomic E-state index is 0.130. The fourth-order valence-electron chi connectivity index (χ4n) is 2.56. The van der Waals surface area contributed by atoms with Crippen LogP contribution in [0.5, 0.6) is 0 Å². The Bertz CT molecular complexity index is 450. The second-order valence-electron chi connectivity index (χ2n) is 5.59. The lowest BCUT2D eigenvalue weighted by Crippen LogP contribution is -2.44. The molecule has 0 aromatic heterocycles. The van der Waals surface area contributed by atoms with Crippen LogP contribution in [-0.4, -0.2) is 39.9 Å². The SMILES string of the molecule is C#C/C=C/CC1O[C@@H](C(Br)CC)CC(OC(C)=O)[C@@H](Cl)C[C@@H]1Cl. The molecular formula is C17H23BrCl2O3. The van der Waals surface area contributed by atoms with Gasteiger partial charge in [-0.2, -0.15) is 0 Å². The lowest BCUT2D eigenvalue weighted by molar-refractivity contribution is -0.150. The minimum atomic E-state index is -0.408. The molecule has 0 aromatic rings. The molecule has 1 rings (SSSR count). The van der Waals surface area contributed by atoms with Crippen LogP contribution < -0.4 is 0 Å². The zero-order valence-corrected chi connectivity index (χ0v) is 16.5. The summed E-state index contributed by atoms with van der Waals surface area (Å²) in [5, 5.41) is -0.624. The van der Waals surface area contributed by atoms with E-state index in [-0.39, 0.29) is 33.8 Å². The van der Waals surface area contributed by atoms with Crippen LogP contribution in [0.4, 0.5) is 0 Å². The molecule has 1 aliphatic heterocycles. The van der Waals surface area contributed by atoms with Gasteiger partial charge >= 0.3 is 5.97 Å². The van der Waals surface area contributed by atoms with Gasteiger partial charge in [0.15, 0.2) is 0 Å². The zero-order chi connectivity index (χ0) is 17.4. The molecule has 1 aliphatic rings. The highest BCUT2D eigenvalue weighted by Gasteiger charge is 2.37. The van der Waals surface area contributed by atoms with Gasteiger partial charge in [0.05, 0.1) is 23.0 Å². The van der Waals surface area contributed by atoms with Gasteiger partial charge in [0.2, 0.25) is 0 Å². The third kappa shape index (κ3) is 7.05. The van der Waals surface area contributed by atoms with Gasteiger partial charge in [-0.15, -0.1) is 29.6 Å². The number of alkyl halides is 3. The molecule has 3 unspecified atom stereocenters. The average Bonchev–Trinajstić information content (AvgIpc) is 2.49. The Labute approximate surface area is 157 Å². The molecule has 0 radical (unpaired) electrons. The second kappa shape index (κ2) is 10.6. The molecule has 1 saturated heterocycles. The molecule has 0 spiro atoms. The molecule has 0 bridgehead atoms. The Morgan fingerprint density at radius 3 is 2.74 bits per heavy atom. The van der Waals surface area contributed by atoms with Crippen molar-refractivity contribution >= 4 is 45.1 Å². The minimum Gasteiger partial charge on any atom is -0.461 e. The van der Waals surface area contributed by atoms with E-state index in [1.807, 2.05) is 6.08 Å². The smallest absolute Gasteiger partial charge is 0.302 e. The van der Waals surface area contributed by atoms with Crippen LogP contribution in [-0.2, 0) is 14.3 Å². The summed E-state index contributed by atoms with van der Waals surface area (Å²) in [5.74, 6) is 2.12. The van der Waals surface area contributed by atoms with E-state index in [1.165, 1.54) is 6.92 Å². The van der Waals surface area contributed by atoms with Crippen molar-refractivity contribution in [1.29, 1.82) is 0 Å². The van der Waals surface area contributed by atoms with Crippen molar-refractivity contribution in [2.24, 2.45) is 0 Å². The summed E-state index contributed by atoms with van der Waals surface area (Å²) in [6.07, 6.45) is 10.6. The molecule has 0 aromatic carbocycles. The van der Waals surface area contributed by atoms with Crippen molar-refractivity contribution in [1.82, 2.24) is 0 Å². The summed E-state index contributed by atoms with van der Waals surface area (Å²) in [6.45, 7) is 3.45. The molecule has 0 N–H and O–H groups in total. The molecule has 23 heavy (non-hydrogen) atoms. The number of terminal acetylenes is 1. The lowest BCUT2D eigenvalue weighted by atomic mass is 9.96. The molecule has 1 fully saturated rings. The Balaban J connectivity index is 2.92. The molecular weight excluding hydrogens is 403 g/mol. The highest BCUT2D eigenvalue weighted by Crippen LogP contribution is 2.32. The lowest BCUT2D eigenvalue weighted by Gasteiger charge is -2.37. The Hall–Kier alpha value is -0.210. The number of esters is 1. The quantitative estimate of drug-likeness (QED) is 0.371. The first-order chi connectivity index (χ1) is 10.9. The van der Waals surface area contributed by atoms with E-state index in [0.717, 1.165) is 6.42 Å². The third-order valence-electron chi connectivity index (χ3n) is 3.76. The molecule has 6 heteroatoms. The number of halogens is 3. The number of carbonyl (C=O) groups excluding carboxylic acids is 1. The molecule has 0 saturated carbocycles. The first kappa shape index (κ1) is 20.8. The fourth-order valence-corrected chi connectivity index (χ4v) is 3.70. The van der Waals surface area contributed by atoms with E-state index in [2.05, 4.69) is 28.8 Å². The molecule has 0 amide bonds. The van der Waals surface area contributed by atoms with Crippen LogP contribution >= 0.6 is 39.1 Å². The molecule has 3 nitrogen and oxygen atoms in total. The summed E-state index contributed by atoms with van der Waals surface area (Å²) in [7, 11) is 0. The van der Waals surface area contributed by atoms with E-state index in [4.69, 9.17) is 39.1 Å². The van der Waals surface area contributed by atoms with Crippen LogP contribution in [0.2, 0.25) is 0 Å². The van der Waals surface area contributed by atoms with Crippen LogP contribution in [0.15, 0.2) is 12.2 Å². The van der Waals surface area contributed by atoms with Crippen LogP contribution in [0.1, 0.15) is 39.5 Å². The molecule has 0 aliphatic carbocycles. The predicted molar refractivity (Wildman–Crippen MR) is 98.3 cm³/mol. The monoisotopic (exact) mass is 424 g/mol. The van der Waals surface area contributed by atoms with Crippen LogP contribution in [0, 0.1) is 12.3 Å². The summed E-state index contributed by atoms with van der Waals surface area (Å²) in [6, 6.07) is 0. The number of carbonyl (C=O) groups is 1. The van der Waals surface area contributed by atoms with Crippen molar-refractivity contribution in [2.45, 2.75) is 73.4 Å². The number of hydrogen-bond donors (Lipinski definition) is 0. The van der Waals surface area contributed by atoms with Crippen molar-refractivity contribution < 1.29 is 14.3 Å².